The second-order valence-corrected chi connectivity index (χ2v) is 7.59. The summed E-state index contributed by atoms with van der Waals surface area (Å²) in [5.74, 6) is 0.638. The summed E-state index contributed by atoms with van der Waals surface area (Å²) < 4.78 is 5.84. The maximum absolute atomic E-state index is 5.84. The fraction of sp³-hybridized carbons (Fsp3) is 1.00. The van der Waals surface area contributed by atoms with Crippen LogP contribution in [0.25, 0.3) is 0 Å². The molecule has 3 heteroatoms. The summed E-state index contributed by atoms with van der Waals surface area (Å²) in [4.78, 5) is 2.75. The fourth-order valence-corrected chi connectivity index (χ4v) is 3.71. The molecule has 1 heterocycles. The van der Waals surface area contributed by atoms with Gasteiger partial charge in [0.25, 0.3) is 0 Å². The van der Waals surface area contributed by atoms with Gasteiger partial charge in [-0.05, 0) is 32.1 Å². The lowest BCUT2D eigenvalue weighted by Gasteiger charge is -2.52. The smallest absolute Gasteiger partial charge is 0.0593 e. The normalized spacial score (nSPS) is 30.4. The molecule has 1 N–H and O–H groups in total. The van der Waals surface area contributed by atoms with E-state index in [0.29, 0.717) is 11.5 Å². The van der Waals surface area contributed by atoms with Crippen molar-refractivity contribution in [1.82, 2.24) is 10.2 Å². The van der Waals surface area contributed by atoms with Crippen molar-refractivity contribution in [1.29, 1.82) is 0 Å². The highest BCUT2D eigenvalue weighted by molar-refractivity contribution is 5.05. The molecule has 2 aliphatic rings. The standard InChI is InChI=1S/C17H34N2O/c1-5-16(4)14-19(10-11-20-12-15(2)3)17(13-18-16)8-6-7-9-17/h15,18H,5-14H2,1-4H3. The zero-order valence-electron chi connectivity index (χ0n) is 14.0. The Kier molecular flexibility index (Phi) is 5.49. The zero-order chi connectivity index (χ0) is 14.6. The van der Waals surface area contributed by atoms with Crippen molar-refractivity contribution in [2.45, 2.75) is 70.9 Å². The summed E-state index contributed by atoms with van der Waals surface area (Å²) >= 11 is 0. The number of hydrogen-bond donors (Lipinski definition) is 1. The van der Waals surface area contributed by atoms with Crippen LogP contribution in [0.5, 0.6) is 0 Å². The van der Waals surface area contributed by atoms with Crippen LogP contribution < -0.4 is 5.32 Å². The third-order valence-electron chi connectivity index (χ3n) is 5.33. The van der Waals surface area contributed by atoms with Crippen molar-refractivity contribution < 1.29 is 4.74 Å². The van der Waals surface area contributed by atoms with Gasteiger partial charge in [-0.3, -0.25) is 4.90 Å². The van der Waals surface area contributed by atoms with Crippen LogP contribution in [-0.4, -0.2) is 48.8 Å². The molecule has 2 rings (SSSR count). The second-order valence-electron chi connectivity index (χ2n) is 7.59. The molecular weight excluding hydrogens is 248 g/mol. The monoisotopic (exact) mass is 282 g/mol. The van der Waals surface area contributed by atoms with Gasteiger partial charge in [-0.25, -0.2) is 0 Å². The molecule has 0 radical (unpaired) electrons. The third-order valence-corrected chi connectivity index (χ3v) is 5.33. The Morgan fingerprint density at radius 3 is 2.55 bits per heavy atom. The topological polar surface area (TPSA) is 24.5 Å². The fourth-order valence-electron chi connectivity index (χ4n) is 3.71. The summed E-state index contributed by atoms with van der Waals surface area (Å²) in [7, 11) is 0. The third kappa shape index (κ3) is 3.75. The highest BCUT2D eigenvalue weighted by Gasteiger charge is 2.46. The number of piperazine rings is 1. The average Bonchev–Trinajstić information content (AvgIpc) is 2.89. The molecule has 1 atom stereocenters. The van der Waals surface area contributed by atoms with Gasteiger partial charge in [-0.2, -0.15) is 0 Å². The van der Waals surface area contributed by atoms with Gasteiger partial charge in [-0.15, -0.1) is 0 Å². The summed E-state index contributed by atoms with van der Waals surface area (Å²) in [5, 5.41) is 3.83. The number of nitrogens with one attached hydrogen (secondary N) is 1. The SMILES string of the molecule is CCC1(C)CN(CCOCC(C)C)C2(CCCC2)CN1. The molecule has 1 unspecified atom stereocenters. The van der Waals surface area contributed by atoms with Crippen LogP contribution in [0.3, 0.4) is 0 Å². The van der Waals surface area contributed by atoms with E-state index in [1.54, 1.807) is 0 Å². The molecule has 2 fully saturated rings. The molecule has 1 aliphatic carbocycles. The van der Waals surface area contributed by atoms with Crippen molar-refractivity contribution in [2.75, 3.05) is 32.8 Å². The first kappa shape index (κ1) is 16.3. The summed E-state index contributed by atoms with van der Waals surface area (Å²) in [5.41, 5.74) is 0.710. The van der Waals surface area contributed by atoms with Gasteiger partial charge in [0.1, 0.15) is 0 Å². The number of hydrogen-bond acceptors (Lipinski definition) is 3. The highest BCUT2D eigenvalue weighted by Crippen LogP contribution is 2.38. The Labute approximate surface area is 125 Å². The van der Waals surface area contributed by atoms with Gasteiger partial charge >= 0.3 is 0 Å². The lowest BCUT2D eigenvalue weighted by molar-refractivity contribution is -0.0127. The van der Waals surface area contributed by atoms with Crippen molar-refractivity contribution in [3.8, 4) is 0 Å². The number of nitrogens with zero attached hydrogens (tertiary/aromatic N) is 1. The molecule has 20 heavy (non-hydrogen) atoms. The Morgan fingerprint density at radius 1 is 1.25 bits per heavy atom. The van der Waals surface area contributed by atoms with E-state index < -0.39 is 0 Å². The predicted molar refractivity (Wildman–Crippen MR) is 85.1 cm³/mol. The molecule has 0 aromatic heterocycles. The Morgan fingerprint density at radius 2 is 1.95 bits per heavy atom. The van der Waals surface area contributed by atoms with Crippen molar-refractivity contribution in [3.63, 3.8) is 0 Å². The Balaban J connectivity index is 1.92. The first-order chi connectivity index (χ1) is 9.50. The van der Waals surface area contributed by atoms with E-state index in [4.69, 9.17) is 4.74 Å². The van der Waals surface area contributed by atoms with Crippen LogP contribution in [0.15, 0.2) is 0 Å². The molecule has 1 aliphatic heterocycles. The minimum absolute atomic E-state index is 0.284. The minimum atomic E-state index is 0.284. The van der Waals surface area contributed by atoms with Gasteiger partial charge in [0.05, 0.1) is 6.61 Å². The molecule has 0 amide bonds. The highest BCUT2D eigenvalue weighted by atomic mass is 16.5. The van der Waals surface area contributed by atoms with E-state index in [9.17, 15) is 0 Å². The summed E-state index contributed by atoms with van der Waals surface area (Å²) in [6, 6.07) is 0. The zero-order valence-corrected chi connectivity index (χ0v) is 14.0. The van der Waals surface area contributed by atoms with E-state index in [2.05, 4.69) is 37.9 Å². The van der Waals surface area contributed by atoms with E-state index in [1.807, 2.05) is 0 Å². The molecule has 3 nitrogen and oxygen atoms in total. The first-order valence-electron chi connectivity index (χ1n) is 8.57. The molecular formula is C17H34N2O. The van der Waals surface area contributed by atoms with E-state index >= 15 is 0 Å². The van der Waals surface area contributed by atoms with Crippen LogP contribution in [-0.2, 0) is 4.74 Å². The summed E-state index contributed by atoms with van der Waals surface area (Å²) in [6.45, 7) is 14.3. The molecule has 0 aromatic rings. The van der Waals surface area contributed by atoms with E-state index in [0.717, 1.165) is 19.8 Å². The molecule has 0 aromatic carbocycles. The van der Waals surface area contributed by atoms with Crippen LogP contribution in [0.1, 0.15) is 59.8 Å². The van der Waals surface area contributed by atoms with Crippen LogP contribution in [0.4, 0.5) is 0 Å². The second kappa shape index (κ2) is 6.76. The number of ether oxygens (including phenoxy) is 1. The van der Waals surface area contributed by atoms with Gasteiger partial charge in [0.2, 0.25) is 0 Å². The van der Waals surface area contributed by atoms with Crippen LogP contribution >= 0.6 is 0 Å². The quantitative estimate of drug-likeness (QED) is 0.758. The van der Waals surface area contributed by atoms with Crippen LogP contribution in [0.2, 0.25) is 0 Å². The first-order valence-corrected chi connectivity index (χ1v) is 8.57. The molecule has 1 spiro atoms. The van der Waals surface area contributed by atoms with Gasteiger partial charge in [0, 0.05) is 37.3 Å². The van der Waals surface area contributed by atoms with Gasteiger partial charge in [-0.1, -0.05) is 33.6 Å². The lowest BCUT2D eigenvalue weighted by Crippen LogP contribution is -2.68. The summed E-state index contributed by atoms with van der Waals surface area (Å²) in [6.07, 6.45) is 6.72. The van der Waals surface area contributed by atoms with Crippen molar-refractivity contribution >= 4 is 0 Å². The van der Waals surface area contributed by atoms with E-state index in [-0.39, 0.29) is 5.54 Å². The van der Waals surface area contributed by atoms with Crippen molar-refractivity contribution in [2.24, 2.45) is 5.92 Å². The molecule has 1 saturated heterocycles. The van der Waals surface area contributed by atoms with Crippen molar-refractivity contribution in [3.05, 3.63) is 0 Å². The molecule has 118 valence electrons. The predicted octanol–water partition coefficient (Wildman–Crippen LogP) is 3.05. The van der Waals surface area contributed by atoms with E-state index in [1.165, 1.54) is 45.2 Å². The van der Waals surface area contributed by atoms with Gasteiger partial charge < -0.3 is 10.1 Å². The molecule has 1 saturated carbocycles. The average molecular weight is 282 g/mol. The Hall–Kier alpha value is -0.120. The minimum Gasteiger partial charge on any atom is -0.380 e. The number of rotatable bonds is 6. The maximum Gasteiger partial charge on any atom is 0.0593 e. The lowest BCUT2D eigenvalue weighted by atomic mass is 9.85. The largest absolute Gasteiger partial charge is 0.380 e. The molecule has 0 bridgehead atoms. The van der Waals surface area contributed by atoms with Crippen LogP contribution in [0, 0.1) is 5.92 Å². The van der Waals surface area contributed by atoms with Gasteiger partial charge in [0.15, 0.2) is 0 Å². The maximum atomic E-state index is 5.84. The Bertz CT molecular complexity index is 299.